The SMILES string of the molecule is COC(=O)c1ccc(OCc2c(C)noc2C)c(Br)c1. The maximum absolute atomic E-state index is 11.4. The van der Waals surface area contributed by atoms with Crippen molar-refractivity contribution in [2.75, 3.05) is 7.11 Å². The topological polar surface area (TPSA) is 61.6 Å². The Morgan fingerprint density at radius 3 is 2.70 bits per heavy atom. The fourth-order valence-electron chi connectivity index (χ4n) is 1.72. The lowest BCUT2D eigenvalue weighted by Gasteiger charge is -2.09. The molecule has 0 saturated carbocycles. The van der Waals surface area contributed by atoms with Gasteiger partial charge < -0.3 is 14.0 Å². The second kappa shape index (κ2) is 6.09. The number of aryl methyl sites for hydroxylation is 2. The second-order valence-corrected chi connectivity index (χ2v) is 5.08. The van der Waals surface area contributed by atoms with Gasteiger partial charge in [-0.3, -0.25) is 0 Å². The molecule has 20 heavy (non-hydrogen) atoms. The van der Waals surface area contributed by atoms with Crippen molar-refractivity contribution in [2.24, 2.45) is 0 Å². The molecule has 1 heterocycles. The Morgan fingerprint density at radius 2 is 2.15 bits per heavy atom. The van der Waals surface area contributed by atoms with Crippen LogP contribution in [0.25, 0.3) is 0 Å². The van der Waals surface area contributed by atoms with Crippen LogP contribution >= 0.6 is 15.9 Å². The van der Waals surface area contributed by atoms with E-state index in [9.17, 15) is 4.79 Å². The predicted octanol–water partition coefficient (Wildman–Crippen LogP) is 3.42. The van der Waals surface area contributed by atoms with Gasteiger partial charge in [0.15, 0.2) is 0 Å². The first-order valence-corrected chi connectivity index (χ1v) is 6.74. The number of esters is 1. The van der Waals surface area contributed by atoms with Crippen LogP contribution in [0.3, 0.4) is 0 Å². The first-order valence-electron chi connectivity index (χ1n) is 5.95. The molecular weight excluding hydrogens is 326 g/mol. The number of benzene rings is 1. The molecule has 1 aromatic carbocycles. The Hall–Kier alpha value is -1.82. The number of hydrogen-bond acceptors (Lipinski definition) is 5. The number of nitrogens with zero attached hydrogens (tertiary/aromatic N) is 1. The molecule has 0 aliphatic carbocycles. The van der Waals surface area contributed by atoms with Crippen molar-refractivity contribution < 1.29 is 18.8 Å². The molecule has 6 heteroatoms. The van der Waals surface area contributed by atoms with Gasteiger partial charge in [-0.1, -0.05) is 5.16 Å². The molecule has 0 spiro atoms. The highest BCUT2D eigenvalue weighted by Gasteiger charge is 2.12. The van der Waals surface area contributed by atoms with Crippen LogP contribution in [0.4, 0.5) is 0 Å². The lowest BCUT2D eigenvalue weighted by molar-refractivity contribution is 0.0600. The molecule has 1 aromatic heterocycles. The largest absolute Gasteiger partial charge is 0.488 e. The average molecular weight is 340 g/mol. The zero-order valence-electron chi connectivity index (χ0n) is 11.4. The van der Waals surface area contributed by atoms with Gasteiger partial charge in [0.1, 0.15) is 18.1 Å². The standard InChI is InChI=1S/C14H14BrNO4/c1-8-11(9(2)20-16-8)7-19-13-5-4-10(6-12(13)15)14(17)18-3/h4-6H,7H2,1-3H3. The number of aromatic nitrogens is 1. The highest BCUT2D eigenvalue weighted by Crippen LogP contribution is 2.27. The van der Waals surface area contributed by atoms with E-state index in [0.717, 1.165) is 17.0 Å². The van der Waals surface area contributed by atoms with E-state index in [4.69, 9.17) is 9.26 Å². The van der Waals surface area contributed by atoms with Crippen LogP contribution in [0.5, 0.6) is 5.75 Å². The highest BCUT2D eigenvalue weighted by molar-refractivity contribution is 9.10. The van der Waals surface area contributed by atoms with Crippen molar-refractivity contribution in [2.45, 2.75) is 20.5 Å². The summed E-state index contributed by atoms with van der Waals surface area (Å²) >= 11 is 3.37. The summed E-state index contributed by atoms with van der Waals surface area (Å²) in [6, 6.07) is 5.03. The molecule has 0 amide bonds. The third-order valence-corrected chi connectivity index (χ3v) is 3.53. The minimum absolute atomic E-state index is 0.358. The van der Waals surface area contributed by atoms with Crippen LogP contribution in [0.2, 0.25) is 0 Å². The number of ether oxygens (including phenoxy) is 2. The lowest BCUT2D eigenvalue weighted by Crippen LogP contribution is -2.02. The van der Waals surface area contributed by atoms with Crippen LogP contribution in [-0.2, 0) is 11.3 Å². The van der Waals surface area contributed by atoms with Crippen molar-refractivity contribution in [3.63, 3.8) is 0 Å². The van der Waals surface area contributed by atoms with Gasteiger partial charge in [-0.25, -0.2) is 4.79 Å². The smallest absolute Gasteiger partial charge is 0.337 e. The van der Waals surface area contributed by atoms with Gasteiger partial charge in [0, 0.05) is 0 Å². The summed E-state index contributed by atoms with van der Waals surface area (Å²) in [5.41, 5.74) is 2.20. The number of rotatable bonds is 4. The molecule has 0 N–H and O–H groups in total. The summed E-state index contributed by atoms with van der Waals surface area (Å²) in [4.78, 5) is 11.4. The van der Waals surface area contributed by atoms with E-state index in [-0.39, 0.29) is 5.97 Å². The monoisotopic (exact) mass is 339 g/mol. The van der Waals surface area contributed by atoms with E-state index in [1.165, 1.54) is 7.11 Å². The van der Waals surface area contributed by atoms with Gasteiger partial charge in [0.25, 0.3) is 0 Å². The Labute approximate surface area is 125 Å². The molecule has 0 radical (unpaired) electrons. The van der Waals surface area contributed by atoms with Crippen molar-refractivity contribution in [3.8, 4) is 5.75 Å². The normalized spacial score (nSPS) is 10.4. The molecule has 0 saturated heterocycles. The summed E-state index contributed by atoms with van der Waals surface area (Å²) in [5, 5.41) is 3.87. The fraction of sp³-hybridized carbons (Fsp3) is 0.286. The third kappa shape index (κ3) is 3.01. The minimum atomic E-state index is -0.386. The number of carbonyl (C=O) groups excluding carboxylic acids is 1. The average Bonchev–Trinajstić information content (AvgIpc) is 2.76. The van der Waals surface area contributed by atoms with Gasteiger partial charge in [-0.15, -0.1) is 0 Å². The second-order valence-electron chi connectivity index (χ2n) is 4.23. The van der Waals surface area contributed by atoms with E-state index < -0.39 is 0 Å². The molecule has 0 unspecified atom stereocenters. The van der Waals surface area contributed by atoms with E-state index in [2.05, 4.69) is 25.8 Å². The molecule has 0 bridgehead atoms. The van der Waals surface area contributed by atoms with Crippen molar-refractivity contribution in [3.05, 3.63) is 45.3 Å². The van der Waals surface area contributed by atoms with Crippen LogP contribution in [-0.4, -0.2) is 18.2 Å². The Balaban J connectivity index is 2.13. The zero-order chi connectivity index (χ0) is 14.7. The van der Waals surface area contributed by atoms with Crippen LogP contribution in [0.15, 0.2) is 27.2 Å². The number of methoxy groups -OCH3 is 1. The van der Waals surface area contributed by atoms with Crippen LogP contribution < -0.4 is 4.74 Å². The molecule has 2 aromatic rings. The summed E-state index contributed by atoms with van der Waals surface area (Å²) in [5.74, 6) is 0.991. The minimum Gasteiger partial charge on any atom is -0.488 e. The summed E-state index contributed by atoms with van der Waals surface area (Å²) in [7, 11) is 1.35. The molecular formula is C14H14BrNO4. The van der Waals surface area contributed by atoms with Crippen LogP contribution in [0.1, 0.15) is 27.4 Å². The maximum Gasteiger partial charge on any atom is 0.337 e. The fourth-order valence-corrected chi connectivity index (χ4v) is 2.21. The van der Waals surface area contributed by atoms with Gasteiger partial charge in [-0.05, 0) is 48.0 Å². The van der Waals surface area contributed by atoms with E-state index in [0.29, 0.717) is 22.4 Å². The Kier molecular flexibility index (Phi) is 4.44. The van der Waals surface area contributed by atoms with E-state index >= 15 is 0 Å². The highest BCUT2D eigenvalue weighted by atomic mass is 79.9. The van der Waals surface area contributed by atoms with Gasteiger partial charge in [0.05, 0.1) is 28.4 Å². The first kappa shape index (κ1) is 14.6. The Morgan fingerprint density at radius 1 is 1.40 bits per heavy atom. The molecule has 0 aliphatic heterocycles. The van der Waals surface area contributed by atoms with Crippen molar-refractivity contribution in [1.29, 1.82) is 0 Å². The van der Waals surface area contributed by atoms with Crippen molar-refractivity contribution >= 4 is 21.9 Å². The van der Waals surface area contributed by atoms with Crippen molar-refractivity contribution in [1.82, 2.24) is 5.16 Å². The molecule has 0 fully saturated rings. The van der Waals surface area contributed by atoms with Crippen LogP contribution in [0, 0.1) is 13.8 Å². The first-order chi connectivity index (χ1) is 9.52. The molecule has 0 aliphatic rings. The Bertz CT molecular complexity index is 617. The summed E-state index contributed by atoms with van der Waals surface area (Å²) < 4.78 is 16.1. The predicted molar refractivity (Wildman–Crippen MR) is 75.8 cm³/mol. The van der Waals surface area contributed by atoms with Gasteiger partial charge in [0.2, 0.25) is 0 Å². The lowest BCUT2D eigenvalue weighted by atomic mass is 10.2. The molecule has 0 atom stereocenters. The van der Waals surface area contributed by atoms with E-state index in [1.807, 2.05) is 13.8 Å². The zero-order valence-corrected chi connectivity index (χ0v) is 13.0. The molecule has 106 valence electrons. The maximum atomic E-state index is 11.4. The van der Waals surface area contributed by atoms with E-state index in [1.54, 1.807) is 18.2 Å². The number of hydrogen-bond donors (Lipinski definition) is 0. The third-order valence-electron chi connectivity index (χ3n) is 2.91. The number of carbonyl (C=O) groups is 1. The molecule has 2 rings (SSSR count). The number of halogens is 1. The van der Waals surface area contributed by atoms with Gasteiger partial charge in [-0.2, -0.15) is 0 Å². The summed E-state index contributed by atoms with van der Waals surface area (Å²) in [6.45, 7) is 4.07. The quantitative estimate of drug-likeness (QED) is 0.798. The summed E-state index contributed by atoms with van der Waals surface area (Å²) in [6.07, 6.45) is 0. The molecule has 5 nitrogen and oxygen atoms in total. The van der Waals surface area contributed by atoms with Gasteiger partial charge >= 0.3 is 5.97 Å².